The summed E-state index contributed by atoms with van der Waals surface area (Å²) < 4.78 is 38.1. The number of primary amides is 1. The summed E-state index contributed by atoms with van der Waals surface area (Å²) in [6, 6.07) is 1.80. The van der Waals surface area contributed by atoms with Crippen LogP contribution in [0.25, 0.3) is 0 Å². The van der Waals surface area contributed by atoms with Gasteiger partial charge in [-0.1, -0.05) is 0 Å². The van der Waals surface area contributed by atoms with Crippen LogP contribution in [0.1, 0.15) is 12.0 Å². The van der Waals surface area contributed by atoms with Crippen LogP contribution in [0.4, 0.5) is 13.2 Å². The van der Waals surface area contributed by atoms with E-state index in [2.05, 4.69) is 5.32 Å². The maximum absolute atomic E-state index is 12.8. The lowest BCUT2D eigenvalue weighted by molar-refractivity contribution is -0.117. The highest BCUT2D eigenvalue weighted by molar-refractivity contribution is 5.73. The zero-order chi connectivity index (χ0) is 12.1. The van der Waals surface area contributed by atoms with Crippen LogP contribution in [0.3, 0.4) is 0 Å². The molecule has 0 saturated heterocycles. The Hall–Kier alpha value is -1.56. The van der Waals surface area contributed by atoms with Crippen molar-refractivity contribution < 1.29 is 18.0 Å². The van der Waals surface area contributed by atoms with Crippen LogP contribution >= 0.6 is 0 Å². The third kappa shape index (κ3) is 3.54. The largest absolute Gasteiger partial charge is 0.370 e. The lowest BCUT2D eigenvalue weighted by Gasteiger charge is -2.04. The molecule has 0 aliphatic heterocycles. The number of hydrogen-bond acceptors (Lipinski definition) is 2. The molecule has 3 nitrogen and oxygen atoms in total. The van der Waals surface area contributed by atoms with Crippen molar-refractivity contribution in [3.05, 3.63) is 35.1 Å². The Morgan fingerprint density at radius 2 is 1.81 bits per heavy atom. The van der Waals surface area contributed by atoms with Gasteiger partial charge in [0.1, 0.15) is 0 Å². The van der Waals surface area contributed by atoms with Crippen LogP contribution < -0.4 is 11.1 Å². The molecular formula is C10H11F3N2O. The highest BCUT2D eigenvalue weighted by Crippen LogP contribution is 2.13. The van der Waals surface area contributed by atoms with E-state index in [1.165, 1.54) is 0 Å². The van der Waals surface area contributed by atoms with Crippen LogP contribution in [0.2, 0.25) is 0 Å². The minimum Gasteiger partial charge on any atom is -0.370 e. The maximum atomic E-state index is 12.8. The smallest absolute Gasteiger partial charge is 0.218 e. The molecule has 0 bridgehead atoms. The minimum atomic E-state index is -1.49. The van der Waals surface area contributed by atoms with Crippen LogP contribution in [-0.4, -0.2) is 12.5 Å². The third-order valence-electron chi connectivity index (χ3n) is 1.92. The first-order chi connectivity index (χ1) is 7.50. The molecule has 3 N–H and O–H groups in total. The maximum Gasteiger partial charge on any atom is 0.218 e. The summed E-state index contributed by atoms with van der Waals surface area (Å²) in [6.45, 7) is 0.442. The Kier molecular flexibility index (Phi) is 4.30. The predicted molar refractivity (Wildman–Crippen MR) is 51.8 cm³/mol. The molecule has 1 aromatic carbocycles. The van der Waals surface area contributed by atoms with Crippen molar-refractivity contribution in [1.82, 2.24) is 5.32 Å². The van der Waals surface area contributed by atoms with Gasteiger partial charge in [-0.3, -0.25) is 4.79 Å². The van der Waals surface area contributed by atoms with Gasteiger partial charge in [0.05, 0.1) is 0 Å². The first-order valence-electron chi connectivity index (χ1n) is 4.63. The molecule has 0 saturated carbocycles. The average Bonchev–Trinajstić information content (AvgIpc) is 2.20. The number of carbonyl (C=O) groups is 1. The van der Waals surface area contributed by atoms with Gasteiger partial charge in [-0.25, -0.2) is 13.2 Å². The van der Waals surface area contributed by atoms with E-state index < -0.39 is 23.4 Å². The lowest BCUT2D eigenvalue weighted by atomic mass is 10.2. The molecule has 0 spiro atoms. The SMILES string of the molecule is NC(=O)CCNCc1cc(F)c(F)c(F)c1. The number of carbonyl (C=O) groups excluding carboxylic acids is 1. The van der Waals surface area contributed by atoms with Gasteiger partial charge >= 0.3 is 0 Å². The van der Waals surface area contributed by atoms with Crippen molar-refractivity contribution in [2.75, 3.05) is 6.54 Å². The molecule has 0 aliphatic rings. The van der Waals surface area contributed by atoms with Crippen molar-refractivity contribution in [3.63, 3.8) is 0 Å². The van der Waals surface area contributed by atoms with E-state index >= 15 is 0 Å². The van der Waals surface area contributed by atoms with E-state index in [-0.39, 0.29) is 18.5 Å². The Labute approximate surface area is 90.4 Å². The van der Waals surface area contributed by atoms with E-state index in [4.69, 9.17) is 5.73 Å². The summed E-state index contributed by atoms with van der Waals surface area (Å²) in [7, 11) is 0. The molecule has 0 heterocycles. The molecule has 1 amide bonds. The highest BCUT2D eigenvalue weighted by Gasteiger charge is 2.09. The molecule has 0 aromatic heterocycles. The van der Waals surface area contributed by atoms with Gasteiger partial charge in [0.2, 0.25) is 5.91 Å². The van der Waals surface area contributed by atoms with Gasteiger partial charge < -0.3 is 11.1 Å². The van der Waals surface area contributed by atoms with Crippen molar-refractivity contribution in [1.29, 1.82) is 0 Å². The second-order valence-electron chi connectivity index (χ2n) is 3.27. The molecule has 1 rings (SSSR count). The second-order valence-corrected chi connectivity index (χ2v) is 3.27. The van der Waals surface area contributed by atoms with E-state index in [1.807, 2.05) is 0 Å². The van der Waals surface area contributed by atoms with Gasteiger partial charge in [-0.15, -0.1) is 0 Å². The normalized spacial score (nSPS) is 10.4. The fourth-order valence-electron chi connectivity index (χ4n) is 1.15. The summed E-state index contributed by atoms with van der Waals surface area (Å²) in [6.07, 6.45) is 0.131. The molecule has 0 unspecified atom stereocenters. The monoisotopic (exact) mass is 232 g/mol. The quantitative estimate of drug-likeness (QED) is 0.589. The first-order valence-corrected chi connectivity index (χ1v) is 4.63. The number of benzene rings is 1. The molecular weight excluding hydrogens is 221 g/mol. The molecule has 6 heteroatoms. The van der Waals surface area contributed by atoms with Crippen LogP contribution in [0.5, 0.6) is 0 Å². The molecule has 0 aliphatic carbocycles. The molecule has 1 aromatic rings. The Bertz CT molecular complexity index is 373. The van der Waals surface area contributed by atoms with Gasteiger partial charge in [-0.2, -0.15) is 0 Å². The van der Waals surface area contributed by atoms with Crippen molar-refractivity contribution in [2.45, 2.75) is 13.0 Å². The van der Waals surface area contributed by atoms with Crippen molar-refractivity contribution in [2.24, 2.45) is 5.73 Å². The standard InChI is InChI=1S/C10H11F3N2O/c11-7-3-6(4-8(12)10(7)13)5-15-2-1-9(14)16/h3-4,15H,1-2,5H2,(H2,14,16). The highest BCUT2D eigenvalue weighted by atomic mass is 19.2. The van der Waals surface area contributed by atoms with Gasteiger partial charge in [0.25, 0.3) is 0 Å². The summed E-state index contributed by atoms with van der Waals surface area (Å²) in [4.78, 5) is 10.4. The molecule has 88 valence electrons. The molecule has 0 atom stereocenters. The summed E-state index contributed by atoms with van der Waals surface area (Å²) in [5, 5.41) is 2.75. The Balaban J connectivity index is 2.52. The second kappa shape index (κ2) is 5.50. The van der Waals surface area contributed by atoms with Gasteiger partial charge in [-0.05, 0) is 17.7 Å². The van der Waals surface area contributed by atoms with Crippen molar-refractivity contribution in [3.8, 4) is 0 Å². The number of nitrogens with two attached hydrogens (primary N) is 1. The minimum absolute atomic E-state index is 0.131. The first kappa shape index (κ1) is 12.5. The summed E-state index contributed by atoms with van der Waals surface area (Å²) in [5.41, 5.74) is 5.16. The van der Waals surface area contributed by atoms with E-state index in [0.717, 1.165) is 12.1 Å². The van der Waals surface area contributed by atoms with Crippen LogP contribution in [-0.2, 0) is 11.3 Å². The number of halogens is 3. The lowest BCUT2D eigenvalue weighted by Crippen LogP contribution is -2.21. The average molecular weight is 232 g/mol. The topological polar surface area (TPSA) is 55.1 Å². The van der Waals surface area contributed by atoms with E-state index in [1.54, 1.807) is 0 Å². The Morgan fingerprint density at radius 1 is 1.25 bits per heavy atom. The summed E-state index contributed by atoms with van der Waals surface area (Å²) in [5.74, 6) is -4.41. The van der Waals surface area contributed by atoms with Crippen molar-refractivity contribution >= 4 is 5.91 Å². The van der Waals surface area contributed by atoms with E-state index in [9.17, 15) is 18.0 Å². The number of rotatable bonds is 5. The zero-order valence-corrected chi connectivity index (χ0v) is 8.40. The zero-order valence-electron chi connectivity index (χ0n) is 8.40. The number of amides is 1. The number of nitrogens with one attached hydrogen (secondary N) is 1. The Morgan fingerprint density at radius 3 is 2.31 bits per heavy atom. The fourth-order valence-corrected chi connectivity index (χ4v) is 1.15. The predicted octanol–water partition coefficient (Wildman–Crippen LogP) is 1.07. The molecule has 0 radical (unpaired) electrons. The molecule has 16 heavy (non-hydrogen) atoms. The van der Waals surface area contributed by atoms with Gasteiger partial charge in [0.15, 0.2) is 17.5 Å². The van der Waals surface area contributed by atoms with Crippen LogP contribution in [0, 0.1) is 17.5 Å². The molecule has 0 fully saturated rings. The third-order valence-corrected chi connectivity index (χ3v) is 1.92. The van der Waals surface area contributed by atoms with Gasteiger partial charge in [0, 0.05) is 19.5 Å². The number of hydrogen-bond donors (Lipinski definition) is 2. The van der Waals surface area contributed by atoms with E-state index in [0.29, 0.717) is 6.54 Å². The summed E-state index contributed by atoms with van der Waals surface area (Å²) >= 11 is 0. The fraction of sp³-hybridized carbons (Fsp3) is 0.300. The van der Waals surface area contributed by atoms with Crippen LogP contribution in [0.15, 0.2) is 12.1 Å².